The van der Waals surface area contributed by atoms with Crippen LogP contribution in [-0.4, -0.2) is 74.7 Å². The Labute approximate surface area is 222 Å². The number of carbonyl (C=O) groups excluding carboxylic acids is 1. The van der Waals surface area contributed by atoms with Crippen molar-refractivity contribution in [3.63, 3.8) is 0 Å². The summed E-state index contributed by atoms with van der Waals surface area (Å²) in [7, 11) is 1.61. The lowest BCUT2D eigenvalue weighted by Crippen LogP contribution is -2.49. The number of imidazole rings is 1. The summed E-state index contributed by atoms with van der Waals surface area (Å²) in [6, 6.07) is 14.0. The van der Waals surface area contributed by atoms with Gasteiger partial charge >= 0.3 is 6.09 Å². The maximum Gasteiger partial charge on any atom is 0.410 e. The highest BCUT2D eigenvalue weighted by molar-refractivity contribution is 5.84. The molecule has 1 aliphatic rings. The Kier molecular flexibility index (Phi) is 7.15. The third-order valence-corrected chi connectivity index (χ3v) is 6.26. The molecule has 10 heteroatoms. The molecule has 1 aromatic carbocycles. The van der Waals surface area contributed by atoms with E-state index in [0.717, 1.165) is 47.4 Å². The number of aromatic nitrogens is 4. The van der Waals surface area contributed by atoms with E-state index in [1.165, 1.54) is 0 Å². The molecule has 0 atom stereocenters. The molecule has 0 radical (unpaired) electrons. The summed E-state index contributed by atoms with van der Waals surface area (Å²) in [6.07, 6.45) is 3.29. The van der Waals surface area contributed by atoms with Gasteiger partial charge in [-0.1, -0.05) is 6.07 Å². The zero-order chi connectivity index (χ0) is 26.7. The minimum atomic E-state index is -0.482. The topological polar surface area (TPSA) is 109 Å². The number of piperazine rings is 1. The van der Waals surface area contributed by atoms with Crippen LogP contribution in [-0.2, 0) is 11.3 Å². The Balaban J connectivity index is 1.21. The van der Waals surface area contributed by atoms with E-state index in [2.05, 4.69) is 36.2 Å². The Hall–Kier alpha value is -4.18. The van der Waals surface area contributed by atoms with Crippen molar-refractivity contribution in [2.24, 2.45) is 0 Å². The van der Waals surface area contributed by atoms with Gasteiger partial charge in [0.1, 0.15) is 11.4 Å². The first-order chi connectivity index (χ1) is 18.3. The molecule has 0 saturated carbocycles. The summed E-state index contributed by atoms with van der Waals surface area (Å²) >= 11 is 0. The molecular weight excluding hydrogens is 482 g/mol. The van der Waals surface area contributed by atoms with Crippen LogP contribution in [0, 0.1) is 0 Å². The van der Waals surface area contributed by atoms with Crippen molar-refractivity contribution >= 4 is 28.9 Å². The fraction of sp³-hybridized carbons (Fsp3) is 0.357. The molecule has 38 heavy (non-hydrogen) atoms. The number of fused-ring (bicyclic) bond motifs is 1. The molecule has 1 saturated heterocycles. The second-order valence-corrected chi connectivity index (χ2v) is 10.3. The summed E-state index contributed by atoms with van der Waals surface area (Å²) < 4.78 is 10.7. The smallest absolute Gasteiger partial charge is 0.410 e. The van der Waals surface area contributed by atoms with Gasteiger partial charge in [-0.25, -0.2) is 19.7 Å². The SMILES string of the molecule is COc1cc(-c2ccc3nc(Nc4cc(CN5CCN(C(=O)OC(C)(C)C)CC5)ccn4)[nH]c3c2)ccn1. The van der Waals surface area contributed by atoms with E-state index in [0.29, 0.717) is 30.7 Å². The van der Waals surface area contributed by atoms with Crippen molar-refractivity contribution < 1.29 is 14.3 Å². The van der Waals surface area contributed by atoms with E-state index in [4.69, 9.17) is 9.47 Å². The number of pyridine rings is 2. The Bertz CT molecular complexity index is 1420. The number of anilines is 2. The maximum atomic E-state index is 12.3. The average molecular weight is 516 g/mol. The number of carbonyl (C=O) groups is 1. The molecule has 4 aromatic rings. The number of nitrogens with one attached hydrogen (secondary N) is 2. The van der Waals surface area contributed by atoms with Gasteiger partial charge in [0.05, 0.1) is 18.1 Å². The highest BCUT2D eigenvalue weighted by Crippen LogP contribution is 2.27. The highest BCUT2D eigenvalue weighted by Gasteiger charge is 2.25. The van der Waals surface area contributed by atoms with Crippen LogP contribution in [0.3, 0.4) is 0 Å². The largest absolute Gasteiger partial charge is 0.481 e. The minimum Gasteiger partial charge on any atom is -0.481 e. The van der Waals surface area contributed by atoms with Gasteiger partial charge in [0.25, 0.3) is 0 Å². The minimum absolute atomic E-state index is 0.244. The molecule has 2 N–H and O–H groups in total. The summed E-state index contributed by atoms with van der Waals surface area (Å²) in [5, 5.41) is 3.30. The predicted molar refractivity (Wildman–Crippen MR) is 146 cm³/mol. The number of hydrogen-bond acceptors (Lipinski definition) is 8. The van der Waals surface area contributed by atoms with Gasteiger partial charge in [-0.15, -0.1) is 0 Å². The number of H-pyrrole nitrogens is 1. The molecule has 0 unspecified atom stereocenters. The molecule has 3 aromatic heterocycles. The van der Waals surface area contributed by atoms with Crippen molar-refractivity contribution in [3.8, 4) is 17.0 Å². The molecule has 4 heterocycles. The molecule has 0 aliphatic carbocycles. The van der Waals surface area contributed by atoms with E-state index in [9.17, 15) is 4.79 Å². The van der Waals surface area contributed by atoms with Crippen LogP contribution in [0.5, 0.6) is 5.88 Å². The molecule has 0 bridgehead atoms. The Morgan fingerprint density at radius 2 is 1.76 bits per heavy atom. The standard InChI is InChI=1S/C28H33N7O3/c1-28(2,3)38-27(36)35-13-11-34(12-14-35)18-19-7-9-29-24(15-19)33-26-31-22-6-5-20(16-23(22)32-26)21-8-10-30-25(17-21)37-4/h5-10,15-17H,11-14,18H2,1-4H3,(H2,29,31,32,33). The lowest BCUT2D eigenvalue weighted by atomic mass is 10.1. The monoisotopic (exact) mass is 515 g/mol. The van der Waals surface area contributed by atoms with Crippen LogP contribution in [0.1, 0.15) is 26.3 Å². The Morgan fingerprint density at radius 3 is 2.53 bits per heavy atom. The second kappa shape index (κ2) is 10.7. The van der Waals surface area contributed by atoms with E-state index < -0.39 is 5.60 Å². The fourth-order valence-corrected chi connectivity index (χ4v) is 4.38. The molecule has 1 amide bonds. The van der Waals surface area contributed by atoms with Crippen molar-refractivity contribution in [1.29, 1.82) is 0 Å². The van der Waals surface area contributed by atoms with Crippen LogP contribution in [0.4, 0.5) is 16.6 Å². The molecular formula is C28H33N7O3. The fourth-order valence-electron chi connectivity index (χ4n) is 4.38. The number of benzene rings is 1. The first-order valence-electron chi connectivity index (χ1n) is 12.7. The zero-order valence-electron chi connectivity index (χ0n) is 22.2. The van der Waals surface area contributed by atoms with Crippen LogP contribution in [0.25, 0.3) is 22.2 Å². The maximum absolute atomic E-state index is 12.3. The van der Waals surface area contributed by atoms with Gasteiger partial charge in [0.15, 0.2) is 0 Å². The summed E-state index contributed by atoms with van der Waals surface area (Å²) in [4.78, 5) is 33.1. The van der Waals surface area contributed by atoms with Gasteiger partial charge in [0.2, 0.25) is 11.8 Å². The molecule has 198 valence electrons. The molecule has 1 fully saturated rings. The number of aromatic amines is 1. The van der Waals surface area contributed by atoms with Gasteiger partial charge < -0.3 is 24.7 Å². The van der Waals surface area contributed by atoms with E-state index >= 15 is 0 Å². The van der Waals surface area contributed by atoms with Gasteiger partial charge in [-0.3, -0.25) is 4.90 Å². The van der Waals surface area contributed by atoms with Gasteiger partial charge in [-0.2, -0.15) is 0 Å². The normalized spacial score (nSPS) is 14.5. The van der Waals surface area contributed by atoms with E-state index in [1.54, 1.807) is 24.4 Å². The number of nitrogens with zero attached hydrogens (tertiary/aromatic N) is 5. The van der Waals surface area contributed by atoms with Gasteiger partial charge in [-0.05, 0) is 67.8 Å². The van der Waals surface area contributed by atoms with E-state index in [-0.39, 0.29) is 6.09 Å². The summed E-state index contributed by atoms with van der Waals surface area (Å²) in [6.45, 7) is 9.32. The Morgan fingerprint density at radius 1 is 1.00 bits per heavy atom. The first kappa shape index (κ1) is 25.5. The van der Waals surface area contributed by atoms with Crippen molar-refractivity contribution in [3.05, 3.63) is 60.4 Å². The molecule has 1 aliphatic heterocycles. The summed E-state index contributed by atoms with van der Waals surface area (Å²) in [5.74, 6) is 1.92. The third-order valence-electron chi connectivity index (χ3n) is 6.26. The zero-order valence-corrected chi connectivity index (χ0v) is 22.2. The van der Waals surface area contributed by atoms with Crippen LogP contribution >= 0.6 is 0 Å². The van der Waals surface area contributed by atoms with E-state index in [1.807, 2.05) is 57.2 Å². The first-order valence-corrected chi connectivity index (χ1v) is 12.7. The number of methoxy groups -OCH3 is 1. The van der Waals surface area contributed by atoms with Crippen molar-refractivity contribution in [1.82, 2.24) is 29.7 Å². The van der Waals surface area contributed by atoms with Crippen LogP contribution in [0.15, 0.2) is 54.9 Å². The highest BCUT2D eigenvalue weighted by atomic mass is 16.6. The molecule has 5 rings (SSSR count). The number of hydrogen-bond donors (Lipinski definition) is 2. The van der Waals surface area contributed by atoms with Crippen molar-refractivity contribution in [2.75, 3.05) is 38.6 Å². The lowest BCUT2D eigenvalue weighted by molar-refractivity contribution is 0.0139. The van der Waals surface area contributed by atoms with Crippen LogP contribution in [0.2, 0.25) is 0 Å². The van der Waals surface area contributed by atoms with Gasteiger partial charge in [0, 0.05) is 51.2 Å². The van der Waals surface area contributed by atoms with Crippen molar-refractivity contribution in [2.45, 2.75) is 32.9 Å². The molecule has 0 spiro atoms. The number of amides is 1. The number of ether oxygens (including phenoxy) is 2. The average Bonchev–Trinajstić information content (AvgIpc) is 3.30. The lowest BCUT2D eigenvalue weighted by Gasteiger charge is -2.35. The summed E-state index contributed by atoms with van der Waals surface area (Å²) in [5.41, 5.74) is 4.49. The predicted octanol–water partition coefficient (Wildman–Crippen LogP) is 4.82. The molecule has 10 nitrogen and oxygen atoms in total. The number of rotatable bonds is 6. The second-order valence-electron chi connectivity index (χ2n) is 10.3. The quantitative estimate of drug-likeness (QED) is 0.376. The third kappa shape index (κ3) is 6.20. The van der Waals surface area contributed by atoms with Crippen LogP contribution < -0.4 is 10.1 Å².